The van der Waals surface area contributed by atoms with Crippen molar-refractivity contribution in [2.24, 2.45) is 9.98 Å². The van der Waals surface area contributed by atoms with Crippen LogP contribution in [0.25, 0.3) is 0 Å². The molecule has 4 N–H and O–H groups in total. The number of hydrogen-bond donors (Lipinski definition) is 4. The first kappa shape index (κ1) is 81.6. The number of aliphatic imine (C=N–C) groups is 2. The smallest absolute Gasteiger partial charge is 0.545 e. The van der Waals surface area contributed by atoms with Gasteiger partial charge < -0.3 is 40.2 Å². The molecule has 0 saturated carbocycles. The Hall–Kier alpha value is -5.41. The normalized spacial score (nSPS) is 11.5. The molecule has 4 rings (SSSR count). The predicted molar refractivity (Wildman–Crippen MR) is 369 cm³/mol. The van der Waals surface area contributed by atoms with Crippen LogP contribution < -0.4 is 10.2 Å². The molecule has 0 heterocycles. The van der Waals surface area contributed by atoms with Gasteiger partial charge in [0.2, 0.25) is 0 Å². The number of phenolic OH excluding ortho intramolecular Hbond substituents is 2. The number of hydrogen-bond acceptors (Lipinski definition) is 10. The molecule has 11 heteroatoms. The van der Waals surface area contributed by atoms with Gasteiger partial charge in [-0.25, -0.2) is 4.99 Å². The van der Waals surface area contributed by atoms with Crippen LogP contribution in [0, 0.1) is 13.8 Å². The Labute approximate surface area is 551 Å². The standard InChI is InChI=1S/C58H98N2.2C10H12O4.Ni/c1-7-13-19-21-22-23-24-25-26-27-28-29-30-31-32-33-34-35-36-38-44-58(60-56-49-53(41-17-11-5)46-54(50-56)42-18-12-6)57(43-37-20-14-8-2)59-55-47-51(39-15-9-3)45-52(48-55)40-16-10-4;2*1-3-6-4-7(11)9(12)8(5(6)2)10(13)14;/h38,44-50H,7-37,39-43H2,1-6H3;2*4,11-12H,3H2,1-2H3,(H,13,14);/q;;;+2/p-2. The van der Waals surface area contributed by atoms with Crippen LogP contribution in [0.2, 0.25) is 0 Å². The zero-order valence-electron chi connectivity index (χ0n) is 57.3. The summed E-state index contributed by atoms with van der Waals surface area (Å²) in [6, 6.07) is 17.1. The number of aryl methyl sites for hydroxylation is 6. The fraction of sp³-hybridized carbons (Fsp3) is 0.615. The average molecular weight is 1270 g/mol. The molecule has 0 atom stereocenters. The first-order valence-corrected chi connectivity index (χ1v) is 35.1. The molecule has 0 aliphatic rings. The summed E-state index contributed by atoms with van der Waals surface area (Å²) >= 11 is 0. The SMILES string of the molecule is CCCCCCCCCCCCCCCCCCCCC=CC(=Nc1cc(CCCC)cc(CCCC)c1)C(CCCCCC)=Nc1cc(CCCC)cc(CCCC)c1.CCc1cc(O)c(O)c(C(=O)[O-])c1C.CCc1cc(O)c(O)c(C(=O)[O-])c1C.[Ni+2]. The van der Waals surface area contributed by atoms with Gasteiger partial charge in [-0.1, -0.05) is 228 Å². The molecule has 0 spiro atoms. The van der Waals surface area contributed by atoms with Crippen molar-refractivity contribution < 1.29 is 56.7 Å². The summed E-state index contributed by atoms with van der Waals surface area (Å²) in [5.74, 6) is -5.06. The van der Waals surface area contributed by atoms with Crippen LogP contribution in [0.15, 0.2) is 70.7 Å². The van der Waals surface area contributed by atoms with Crippen LogP contribution in [0.5, 0.6) is 23.0 Å². The molecule has 4 aromatic rings. The molecule has 89 heavy (non-hydrogen) atoms. The van der Waals surface area contributed by atoms with Gasteiger partial charge in [-0.15, -0.1) is 0 Å². The van der Waals surface area contributed by atoms with Crippen molar-refractivity contribution in [3.8, 4) is 23.0 Å². The van der Waals surface area contributed by atoms with Crippen molar-refractivity contribution >= 4 is 34.7 Å². The topological polar surface area (TPSA) is 186 Å². The third-order valence-corrected chi connectivity index (χ3v) is 16.9. The summed E-state index contributed by atoms with van der Waals surface area (Å²) in [5.41, 5.74) is 11.8. The van der Waals surface area contributed by atoms with Crippen molar-refractivity contribution in [1.29, 1.82) is 0 Å². The molecule has 0 aliphatic heterocycles. The van der Waals surface area contributed by atoms with Gasteiger partial charge in [-0.05, 0) is 191 Å². The van der Waals surface area contributed by atoms with Gasteiger partial charge in [0.1, 0.15) is 0 Å². The van der Waals surface area contributed by atoms with Crippen LogP contribution in [-0.2, 0) is 55.0 Å². The van der Waals surface area contributed by atoms with Gasteiger partial charge in [-0.3, -0.25) is 4.99 Å². The Morgan fingerprint density at radius 2 is 0.708 bits per heavy atom. The van der Waals surface area contributed by atoms with Gasteiger partial charge in [0, 0.05) is 11.1 Å². The number of aromatic carboxylic acids is 2. The summed E-state index contributed by atoms with van der Waals surface area (Å²) in [4.78, 5) is 32.5. The van der Waals surface area contributed by atoms with Crippen LogP contribution in [0.3, 0.4) is 0 Å². The average Bonchev–Trinajstić information content (AvgIpc) is 2.49. The van der Waals surface area contributed by atoms with Crippen molar-refractivity contribution in [3.05, 3.63) is 116 Å². The van der Waals surface area contributed by atoms with E-state index in [2.05, 4.69) is 90.1 Å². The molecule has 0 unspecified atom stereocenters. The zero-order chi connectivity index (χ0) is 64.9. The van der Waals surface area contributed by atoms with Crippen molar-refractivity contribution in [1.82, 2.24) is 0 Å². The minimum atomic E-state index is -1.48. The van der Waals surface area contributed by atoms with Gasteiger partial charge >= 0.3 is 16.5 Å². The molecule has 4 aromatic carbocycles. The molecule has 10 nitrogen and oxygen atoms in total. The second-order valence-electron chi connectivity index (χ2n) is 24.6. The molecule has 0 aliphatic carbocycles. The Balaban J connectivity index is 0.00000110. The van der Waals surface area contributed by atoms with Crippen molar-refractivity contribution in [2.45, 2.75) is 313 Å². The van der Waals surface area contributed by atoms with Crippen LogP contribution >= 0.6 is 0 Å². The van der Waals surface area contributed by atoms with Crippen molar-refractivity contribution in [2.75, 3.05) is 0 Å². The number of aromatic hydroxyl groups is 4. The number of benzene rings is 4. The van der Waals surface area contributed by atoms with E-state index in [4.69, 9.17) is 9.98 Å². The summed E-state index contributed by atoms with van der Waals surface area (Å²) in [6.07, 6.45) is 52.9. The summed E-state index contributed by atoms with van der Waals surface area (Å²) in [5, 5.41) is 58.4. The van der Waals surface area contributed by atoms with Gasteiger partial charge in [0.05, 0.1) is 34.7 Å². The number of nitrogens with zero attached hydrogens (tertiary/aromatic N) is 2. The van der Waals surface area contributed by atoms with Crippen LogP contribution in [-0.4, -0.2) is 43.8 Å². The second kappa shape index (κ2) is 50.3. The Bertz CT molecular complexity index is 2560. The second-order valence-corrected chi connectivity index (χ2v) is 24.6. The molecule has 0 saturated heterocycles. The fourth-order valence-electron chi connectivity index (χ4n) is 11.4. The van der Waals surface area contributed by atoms with E-state index in [1.807, 2.05) is 13.8 Å². The van der Waals surface area contributed by atoms with E-state index in [9.17, 15) is 40.2 Å². The molecule has 500 valence electrons. The van der Waals surface area contributed by atoms with Gasteiger partial charge in [0.25, 0.3) is 0 Å². The number of carboxylic acids is 2. The third kappa shape index (κ3) is 33.5. The molecule has 0 amide bonds. The van der Waals surface area contributed by atoms with E-state index >= 15 is 0 Å². The minimum absolute atomic E-state index is 0. The molecule has 0 aromatic heterocycles. The molecule has 0 bridgehead atoms. The molecule has 0 fully saturated rings. The number of carbonyl (C=O) groups is 2. The number of allylic oxidation sites excluding steroid dienone is 2. The Morgan fingerprint density at radius 3 is 1.02 bits per heavy atom. The van der Waals surface area contributed by atoms with E-state index in [0.29, 0.717) is 35.1 Å². The summed E-state index contributed by atoms with van der Waals surface area (Å²) in [6.45, 7) is 20.6. The van der Waals surface area contributed by atoms with E-state index in [0.717, 1.165) is 62.0 Å². The van der Waals surface area contributed by atoms with Gasteiger partial charge in [0.15, 0.2) is 23.0 Å². The summed E-state index contributed by atoms with van der Waals surface area (Å²) < 4.78 is 0. The van der Waals surface area contributed by atoms with Gasteiger partial charge in [-0.2, -0.15) is 0 Å². The monoisotopic (exact) mass is 1270 g/mol. The maximum Gasteiger partial charge on any atom is 2.00 e. The summed E-state index contributed by atoms with van der Waals surface area (Å²) in [7, 11) is 0. The Morgan fingerprint density at radius 1 is 0.404 bits per heavy atom. The minimum Gasteiger partial charge on any atom is -0.545 e. The van der Waals surface area contributed by atoms with E-state index in [1.165, 1.54) is 226 Å². The number of rotatable bonds is 44. The van der Waals surface area contributed by atoms with E-state index in [-0.39, 0.29) is 27.6 Å². The molecular weight excluding hydrogens is 1150 g/mol. The maximum absolute atomic E-state index is 10.7. The predicted octanol–water partition coefficient (Wildman–Crippen LogP) is 20.5. The quantitative estimate of drug-likeness (QED) is 0.0146. The number of carbonyl (C=O) groups excluding carboxylic acids is 2. The number of carboxylic acid groups (broad SMARTS) is 2. The van der Waals surface area contributed by atoms with E-state index < -0.39 is 34.9 Å². The Kier molecular flexibility index (Phi) is 46.1. The maximum atomic E-state index is 10.7. The molecule has 0 radical (unpaired) electrons. The van der Waals surface area contributed by atoms with E-state index in [1.54, 1.807) is 13.8 Å². The third-order valence-electron chi connectivity index (χ3n) is 16.9. The fourth-order valence-corrected chi connectivity index (χ4v) is 11.4. The number of unbranched alkanes of at least 4 members (excludes halogenated alkanes) is 25. The van der Waals surface area contributed by atoms with Crippen LogP contribution in [0.1, 0.15) is 326 Å². The largest absolute Gasteiger partial charge is 2.00 e. The van der Waals surface area contributed by atoms with Crippen LogP contribution in [0.4, 0.5) is 11.4 Å². The van der Waals surface area contributed by atoms with Crippen molar-refractivity contribution in [3.63, 3.8) is 0 Å². The molecular formula is C78H120N2NiO8. The number of phenols is 4. The zero-order valence-corrected chi connectivity index (χ0v) is 58.3. The first-order valence-electron chi connectivity index (χ1n) is 35.1. The first-order chi connectivity index (χ1) is 42.5.